The maximum atomic E-state index is 12.1. The van der Waals surface area contributed by atoms with Crippen LogP contribution in [0.2, 0.25) is 0 Å². The average molecular weight is 364 g/mol. The fourth-order valence-electron chi connectivity index (χ4n) is 2.23. The molecule has 0 saturated heterocycles. The quantitative estimate of drug-likeness (QED) is 0.825. The van der Waals surface area contributed by atoms with Crippen molar-refractivity contribution in [3.05, 3.63) is 58.6 Å². The van der Waals surface area contributed by atoms with Crippen molar-refractivity contribution >= 4 is 27.5 Å². The number of ether oxygens (including phenoxy) is 1. The summed E-state index contributed by atoms with van der Waals surface area (Å²) in [7, 11) is 3.60. The van der Waals surface area contributed by atoms with Gasteiger partial charge >= 0.3 is 0 Å². The number of halogens is 1. The highest BCUT2D eigenvalue weighted by molar-refractivity contribution is 9.10. The Kier molecular flexibility index (Phi) is 5.98. The van der Waals surface area contributed by atoms with Gasteiger partial charge in [-0.15, -0.1) is 0 Å². The van der Waals surface area contributed by atoms with E-state index in [0.29, 0.717) is 18.0 Å². The van der Waals surface area contributed by atoms with E-state index in [1.165, 1.54) is 5.56 Å². The van der Waals surface area contributed by atoms with Crippen LogP contribution in [0.1, 0.15) is 5.56 Å². The fourth-order valence-corrected chi connectivity index (χ4v) is 2.49. The Morgan fingerprint density at radius 1 is 1.18 bits per heavy atom. The molecule has 0 heterocycles. The van der Waals surface area contributed by atoms with E-state index in [0.717, 1.165) is 15.9 Å². The zero-order chi connectivity index (χ0) is 15.9. The summed E-state index contributed by atoms with van der Waals surface area (Å²) in [6.45, 7) is 1.20. The van der Waals surface area contributed by atoms with Crippen molar-refractivity contribution in [3.8, 4) is 5.75 Å². The number of nitrogens with one attached hydrogen (secondary N) is 2. The predicted octanol–water partition coefficient (Wildman–Crippen LogP) is 2.11. The standard InChI is InChI=1S/C17H19BrN2O2/c1-20(11-13-7-9-14(18)10-8-13)12-17(21)19-15-5-3-4-6-16(15)22-2/h3-10H,11-12H2,1-2H3,(H,19,21)/p+1. The van der Waals surface area contributed by atoms with E-state index in [4.69, 9.17) is 4.74 Å². The lowest BCUT2D eigenvalue weighted by Gasteiger charge is -2.15. The molecule has 0 aliphatic heterocycles. The van der Waals surface area contributed by atoms with Gasteiger partial charge in [-0.1, -0.05) is 40.2 Å². The van der Waals surface area contributed by atoms with E-state index in [2.05, 4.69) is 33.4 Å². The molecule has 22 heavy (non-hydrogen) atoms. The van der Waals surface area contributed by atoms with Crippen LogP contribution in [0, 0.1) is 0 Å². The van der Waals surface area contributed by atoms with Crippen LogP contribution in [0.3, 0.4) is 0 Å². The molecule has 0 aromatic heterocycles. The van der Waals surface area contributed by atoms with Crippen LogP contribution in [0.25, 0.3) is 0 Å². The molecule has 1 atom stereocenters. The third-order valence-electron chi connectivity index (χ3n) is 3.26. The van der Waals surface area contributed by atoms with Gasteiger partial charge in [-0.3, -0.25) is 4.79 Å². The number of amides is 1. The number of rotatable bonds is 6. The first-order valence-corrected chi connectivity index (χ1v) is 7.86. The highest BCUT2D eigenvalue weighted by Gasteiger charge is 2.12. The third-order valence-corrected chi connectivity index (χ3v) is 3.79. The Hall–Kier alpha value is -1.85. The Morgan fingerprint density at radius 3 is 2.55 bits per heavy atom. The number of likely N-dealkylation sites (N-methyl/N-ethyl adjacent to an activating group) is 1. The fraction of sp³-hybridized carbons (Fsp3) is 0.235. The van der Waals surface area contributed by atoms with Gasteiger partial charge in [-0.25, -0.2) is 0 Å². The molecule has 2 aromatic rings. The molecule has 5 heteroatoms. The Balaban J connectivity index is 1.89. The van der Waals surface area contributed by atoms with Gasteiger partial charge in [0.2, 0.25) is 0 Å². The average Bonchev–Trinajstić information content (AvgIpc) is 2.50. The molecule has 0 spiro atoms. The van der Waals surface area contributed by atoms with Crippen molar-refractivity contribution in [1.82, 2.24) is 0 Å². The second-order valence-electron chi connectivity index (χ2n) is 5.19. The molecular weight excluding hydrogens is 344 g/mol. The summed E-state index contributed by atoms with van der Waals surface area (Å²) in [6.07, 6.45) is 0. The first-order valence-electron chi connectivity index (χ1n) is 7.07. The maximum absolute atomic E-state index is 12.1. The minimum atomic E-state index is -0.0286. The summed E-state index contributed by atoms with van der Waals surface area (Å²) in [6, 6.07) is 15.6. The summed E-state index contributed by atoms with van der Waals surface area (Å²) >= 11 is 3.42. The van der Waals surface area contributed by atoms with Crippen LogP contribution < -0.4 is 15.0 Å². The molecule has 0 aliphatic rings. The number of carbonyl (C=O) groups is 1. The number of carbonyl (C=O) groups excluding carboxylic acids is 1. The molecular formula is C17H20BrN2O2+. The number of hydrogen-bond donors (Lipinski definition) is 2. The molecule has 0 saturated carbocycles. The molecule has 1 unspecified atom stereocenters. The van der Waals surface area contributed by atoms with Crippen molar-refractivity contribution < 1.29 is 14.4 Å². The van der Waals surface area contributed by atoms with E-state index >= 15 is 0 Å². The van der Waals surface area contributed by atoms with Crippen LogP contribution in [-0.2, 0) is 11.3 Å². The van der Waals surface area contributed by atoms with Gasteiger partial charge in [0.05, 0.1) is 19.8 Å². The topological polar surface area (TPSA) is 42.8 Å². The molecule has 4 nitrogen and oxygen atoms in total. The number of para-hydroxylation sites is 2. The first-order chi connectivity index (χ1) is 10.6. The van der Waals surface area contributed by atoms with Crippen molar-refractivity contribution in [2.24, 2.45) is 0 Å². The number of methoxy groups -OCH3 is 1. The van der Waals surface area contributed by atoms with Gasteiger partial charge < -0.3 is 15.0 Å². The Bertz CT molecular complexity index is 629. The van der Waals surface area contributed by atoms with Gasteiger partial charge in [0.25, 0.3) is 5.91 Å². The number of quaternary nitrogens is 1. The van der Waals surface area contributed by atoms with Crippen molar-refractivity contribution in [2.45, 2.75) is 6.54 Å². The smallest absolute Gasteiger partial charge is 0.279 e. The summed E-state index contributed by atoms with van der Waals surface area (Å²) in [5.74, 6) is 0.639. The third kappa shape index (κ3) is 4.86. The maximum Gasteiger partial charge on any atom is 0.279 e. The van der Waals surface area contributed by atoms with E-state index in [1.54, 1.807) is 7.11 Å². The first kappa shape index (κ1) is 16.5. The van der Waals surface area contributed by atoms with E-state index in [9.17, 15) is 4.79 Å². The number of anilines is 1. The molecule has 2 aromatic carbocycles. The molecule has 0 aliphatic carbocycles. The normalized spacial score (nSPS) is 11.8. The SMILES string of the molecule is COc1ccccc1NC(=O)C[NH+](C)Cc1ccc(Br)cc1. The largest absolute Gasteiger partial charge is 0.495 e. The summed E-state index contributed by atoms with van der Waals surface area (Å²) in [5, 5.41) is 2.89. The molecule has 2 N–H and O–H groups in total. The highest BCUT2D eigenvalue weighted by Crippen LogP contribution is 2.22. The van der Waals surface area contributed by atoms with Crippen LogP contribution in [0.4, 0.5) is 5.69 Å². The zero-order valence-corrected chi connectivity index (χ0v) is 14.3. The lowest BCUT2D eigenvalue weighted by Crippen LogP contribution is -3.08. The predicted molar refractivity (Wildman–Crippen MR) is 91.2 cm³/mol. The van der Waals surface area contributed by atoms with Crippen LogP contribution in [0.5, 0.6) is 5.75 Å². The van der Waals surface area contributed by atoms with E-state index in [1.807, 2.05) is 43.4 Å². The number of benzene rings is 2. The second kappa shape index (κ2) is 7.96. The summed E-state index contributed by atoms with van der Waals surface area (Å²) in [4.78, 5) is 13.3. The molecule has 116 valence electrons. The minimum Gasteiger partial charge on any atom is -0.495 e. The lowest BCUT2D eigenvalue weighted by molar-refractivity contribution is -0.885. The van der Waals surface area contributed by atoms with Crippen molar-refractivity contribution in [2.75, 3.05) is 26.0 Å². The Morgan fingerprint density at radius 2 is 1.86 bits per heavy atom. The zero-order valence-electron chi connectivity index (χ0n) is 12.7. The van der Waals surface area contributed by atoms with Crippen LogP contribution in [0.15, 0.2) is 53.0 Å². The van der Waals surface area contributed by atoms with Gasteiger partial charge in [0.1, 0.15) is 12.3 Å². The van der Waals surface area contributed by atoms with Crippen molar-refractivity contribution in [1.29, 1.82) is 0 Å². The number of hydrogen-bond acceptors (Lipinski definition) is 2. The monoisotopic (exact) mass is 363 g/mol. The van der Waals surface area contributed by atoms with Gasteiger partial charge in [-0.05, 0) is 24.3 Å². The van der Waals surface area contributed by atoms with Crippen molar-refractivity contribution in [3.63, 3.8) is 0 Å². The van der Waals surface area contributed by atoms with E-state index in [-0.39, 0.29) is 5.91 Å². The minimum absolute atomic E-state index is 0.0286. The molecule has 0 fully saturated rings. The van der Waals surface area contributed by atoms with Crippen LogP contribution in [-0.4, -0.2) is 26.6 Å². The van der Waals surface area contributed by atoms with E-state index < -0.39 is 0 Å². The highest BCUT2D eigenvalue weighted by atomic mass is 79.9. The van der Waals surface area contributed by atoms with Gasteiger partial charge in [-0.2, -0.15) is 0 Å². The summed E-state index contributed by atoms with van der Waals surface area (Å²) in [5.41, 5.74) is 1.90. The van der Waals surface area contributed by atoms with Gasteiger partial charge in [0.15, 0.2) is 6.54 Å². The molecule has 0 radical (unpaired) electrons. The Labute approximate surface area is 139 Å². The summed E-state index contributed by atoms with van der Waals surface area (Å²) < 4.78 is 6.29. The second-order valence-corrected chi connectivity index (χ2v) is 6.10. The molecule has 0 bridgehead atoms. The van der Waals surface area contributed by atoms with Gasteiger partial charge in [0, 0.05) is 10.0 Å². The van der Waals surface area contributed by atoms with Crippen LogP contribution >= 0.6 is 15.9 Å². The molecule has 2 rings (SSSR count). The lowest BCUT2D eigenvalue weighted by atomic mass is 10.2. The molecule has 1 amide bonds.